The lowest BCUT2D eigenvalue weighted by atomic mass is 10.0. The summed E-state index contributed by atoms with van der Waals surface area (Å²) in [5, 5.41) is 15.9. The van der Waals surface area contributed by atoms with Crippen LogP contribution in [-0.4, -0.2) is 16.8 Å². The number of hydrogen-bond donors (Lipinski definition) is 1. The van der Waals surface area contributed by atoms with Gasteiger partial charge in [-0.25, -0.2) is 0 Å². The van der Waals surface area contributed by atoms with Crippen LogP contribution in [0, 0.1) is 11.3 Å². The second-order valence-electron chi connectivity index (χ2n) is 3.63. The third-order valence-electron chi connectivity index (χ3n) is 2.74. The highest BCUT2D eigenvalue weighted by Crippen LogP contribution is 2.34. The van der Waals surface area contributed by atoms with Crippen molar-refractivity contribution in [2.45, 2.75) is 6.42 Å². The molecule has 2 aromatic rings. The topological polar surface area (TPSA) is 61.7 Å². The smallest absolute Gasteiger partial charge is 0.166 e. The van der Waals surface area contributed by atoms with Gasteiger partial charge in [0.1, 0.15) is 11.8 Å². The summed E-state index contributed by atoms with van der Waals surface area (Å²) in [7, 11) is 0. The molecular formula is C12H9N3O. The minimum absolute atomic E-state index is 0.468. The zero-order valence-corrected chi connectivity index (χ0v) is 8.53. The molecule has 3 rings (SSSR count). The van der Waals surface area contributed by atoms with E-state index in [9.17, 15) is 0 Å². The molecule has 0 radical (unpaired) electrons. The van der Waals surface area contributed by atoms with Crippen LogP contribution in [0.25, 0.3) is 11.3 Å². The number of nitrogens with one attached hydrogen (secondary N) is 1. The van der Waals surface area contributed by atoms with Crippen LogP contribution in [0.3, 0.4) is 0 Å². The maximum absolute atomic E-state index is 8.95. The summed E-state index contributed by atoms with van der Waals surface area (Å²) in [4.78, 5) is 0. The van der Waals surface area contributed by atoms with E-state index >= 15 is 0 Å². The summed E-state index contributed by atoms with van der Waals surface area (Å²) >= 11 is 0. The number of para-hydroxylation sites is 1. The molecule has 1 aliphatic rings. The summed E-state index contributed by atoms with van der Waals surface area (Å²) in [6.07, 6.45) is 0.712. The molecule has 4 nitrogen and oxygen atoms in total. The van der Waals surface area contributed by atoms with Crippen molar-refractivity contribution in [3.8, 4) is 23.1 Å². The number of hydrogen-bond acceptors (Lipinski definition) is 3. The second-order valence-corrected chi connectivity index (χ2v) is 3.63. The zero-order valence-electron chi connectivity index (χ0n) is 8.53. The summed E-state index contributed by atoms with van der Waals surface area (Å²) in [5.41, 5.74) is 3.30. The predicted molar refractivity (Wildman–Crippen MR) is 57.9 cm³/mol. The average molecular weight is 211 g/mol. The van der Waals surface area contributed by atoms with Gasteiger partial charge in [-0.05, 0) is 12.1 Å². The SMILES string of the molecule is N#Cc1n[nH]c2c1CCOc1ccccc1-2. The highest BCUT2D eigenvalue weighted by atomic mass is 16.5. The number of aromatic nitrogens is 2. The quantitative estimate of drug-likeness (QED) is 0.723. The van der Waals surface area contributed by atoms with Gasteiger partial charge in [-0.3, -0.25) is 5.10 Å². The number of benzene rings is 1. The van der Waals surface area contributed by atoms with Gasteiger partial charge in [0.15, 0.2) is 5.69 Å². The molecule has 0 atom stereocenters. The van der Waals surface area contributed by atoms with Crippen LogP contribution in [-0.2, 0) is 6.42 Å². The van der Waals surface area contributed by atoms with Crippen molar-refractivity contribution >= 4 is 0 Å². The molecule has 16 heavy (non-hydrogen) atoms. The van der Waals surface area contributed by atoms with Gasteiger partial charge >= 0.3 is 0 Å². The zero-order chi connectivity index (χ0) is 11.0. The largest absolute Gasteiger partial charge is 0.493 e. The lowest BCUT2D eigenvalue weighted by Crippen LogP contribution is -1.99. The Kier molecular flexibility index (Phi) is 1.90. The van der Waals surface area contributed by atoms with E-state index in [1.165, 1.54) is 0 Å². The van der Waals surface area contributed by atoms with E-state index in [2.05, 4.69) is 16.3 Å². The second kappa shape index (κ2) is 3.38. The van der Waals surface area contributed by atoms with Crippen molar-refractivity contribution in [3.63, 3.8) is 0 Å². The molecular weight excluding hydrogens is 202 g/mol. The Balaban J connectivity index is 2.27. The Hall–Kier alpha value is -2.28. The van der Waals surface area contributed by atoms with Crippen molar-refractivity contribution in [1.82, 2.24) is 10.2 Å². The highest BCUT2D eigenvalue weighted by molar-refractivity contribution is 5.72. The number of aromatic amines is 1. The van der Waals surface area contributed by atoms with Crippen molar-refractivity contribution in [2.75, 3.05) is 6.61 Å². The van der Waals surface area contributed by atoms with E-state index in [1.54, 1.807) is 0 Å². The van der Waals surface area contributed by atoms with Crippen molar-refractivity contribution < 1.29 is 4.74 Å². The standard InChI is InChI=1S/C12H9N3O/c13-7-10-8-5-6-16-11-4-2-1-3-9(11)12(8)15-14-10/h1-4H,5-6H2,(H,14,15). The van der Waals surface area contributed by atoms with Crippen LogP contribution in [0.2, 0.25) is 0 Å². The van der Waals surface area contributed by atoms with E-state index in [-0.39, 0.29) is 0 Å². The first-order valence-corrected chi connectivity index (χ1v) is 5.09. The van der Waals surface area contributed by atoms with Gasteiger partial charge in [-0.15, -0.1) is 0 Å². The normalized spacial score (nSPS) is 12.9. The summed E-state index contributed by atoms with van der Waals surface area (Å²) in [5.74, 6) is 0.842. The fourth-order valence-electron chi connectivity index (χ4n) is 1.99. The van der Waals surface area contributed by atoms with Crippen molar-refractivity contribution in [2.24, 2.45) is 0 Å². The number of nitrogens with zero attached hydrogens (tertiary/aromatic N) is 2. The molecule has 1 N–H and O–H groups in total. The van der Waals surface area contributed by atoms with E-state index in [0.29, 0.717) is 18.7 Å². The molecule has 0 fully saturated rings. The minimum Gasteiger partial charge on any atom is -0.493 e. The molecule has 2 heterocycles. The van der Waals surface area contributed by atoms with Crippen LogP contribution >= 0.6 is 0 Å². The maximum Gasteiger partial charge on any atom is 0.166 e. The van der Waals surface area contributed by atoms with Gasteiger partial charge in [-0.1, -0.05) is 12.1 Å². The minimum atomic E-state index is 0.468. The van der Waals surface area contributed by atoms with Gasteiger partial charge in [-0.2, -0.15) is 10.4 Å². The summed E-state index contributed by atoms with van der Waals surface area (Å²) < 4.78 is 5.63. The first-order valence-electron chi connectivity index (χ1n) is 5.09. The maximum atomic E-state index is 8.95. The number of nitriles is 1. The number of ether oxygens (including phenoxy) is 1. The molecule has 0 unspecified atom stereocenters. The first-order chi connectivity index (χ1) is 7.90. The number of rotatable bonds is 0. The number of fused-ring (bicyclic) bond motifs is 3. The summed E-state index contributed by atoms with van der Waals surface area (Å²) in [6, 6.07) is 9.88. The molecule has 4 heteroatoms. The molecule has 0 aliphatic carbocycles. The lowest BCUT2D eigenvalue weighted by Gasteiger charge is -2.05. The van der Waals surface area contributed by atoms with Crippen molar-refractivity contribution in [3.05, 3.63) is 35.5 Å². The predicted octanol–water partition coefficient (Wildman–Crippen LogP) is 1.88. The van der Waals surface area contributed by atoms with Gasteiger partial charge in [0.05, 0.1) is 12.3 Å². The molecule has 1 aromatic heterocycles. The van der Waals surface area contributed by atoms with Gasteiger partial charge in [0.2, 0.25) is 0 Å². The van der Waals surface area contributed by atoms with Crippen LogP contribution in [0.1, 0.15) is 11.3 Å². The van der Waals surface area contributed by atoms with E-state index in [1.807, 2.05) is 24.3 Å². The number of H-pyrrole nitrogens is 1. The Morgan fingerprint density at radius 1 is 1.38 bits per heavy atom. The molecule has 1 aromatic carbocycles. The fourth-order valence-corrected chi connectivity index (χ4v) is 1.99. The van der Waals surface area contributed by atoms with Crippen LogP contribution in [0.15, 0.2) is 24.3 Å². The molecule has 0 amide bonds. The molecule has 0 bridgehead atoms. The van der Waals surface area contributed by atoms with Gasteiger partial charge in [0.25, 0.3) is 0 Å². The van der Waals surface area contributed by atoms with Gasteiger partial charge < -0.3 is 4.74 Å². The van der Waals surface area contributed by atoms with E-state index in [4.69, 9.17) is 10.00 Å². The van der Waals surface area contributed by atoms with Gasteiger partial charge in [0, 0.05) is 17.5 Å². The van der Waals surface area contributed by atoms with Crippen LogP contribution < -0.4 is 4.74 Å². The van der Waals surface area contributed by atoms with Crippen LogP contribution in [0.4, 0.5) is 0 Å². The molecule has 1 aliphatic heterocycles. The van der Waals surface area contributed by atoms with E-state index in [0.717, 1.165) is 22.6 Å². The first kappa shape index (κ1) is 8.98. The molecule has 0 saturated heterocycles. The highest BCUT2D eigenvalue weighted by Gasteiger charge is 2.20. The Labute approximate surface area is 92.5 Å². The molecule has 78 valence electrons. The van der Waals surface area contributed by atoms with Crippen LogP contribution in [0.5, 0.6) is 5.75 Å². The Morgan fingerprint density at radius 3 is 3.12 bits per heavy atom. The third-order valence-corrected chi connectivity index (χ3v) is 2.74. The van der Waals surface area contributed by atoms with E-state index < -0.39 is 0 Å². The average Bonchev–Trinajstić information content (AvgIpc) is 2.64. The molecule has 0 spiro atoms. The fraction of sp³-hybridized carbons (Fsp3) is 0.167. The van der Waals surface area contributed by atoms with Crippen molar-refractivity contribution in [1.29, 1.82) is 5.26 Å². The third kappa shape index (κ3) is 1.18. The monoisotopic (exact) mass is 211 g/mol. The summed E-state index contributed by atoms with van der Waals surface area (Å²) in [6.45, 7) is 0.582. The Bertz CT molecular complexity index is 580. The molecule has 0 saturated carbocycles. The lowest BCUT2D eigenvalue weighted by molar-refractivity contribution is 0.326. The Morgan fingerprint density at radius 2 is 2.25 bits per heavy atom.